The molecule has 2 fully saturated rings. The van der Waals surface area contributed by atoms with Crippen molar-refractivity contribution in [1.82, 2.24) is 4.90 Å². The predicted molar refractivity (Wildman–Crippen MR) is 72.7 cm³/mol. The van der Waals surface area contributed by atoms with E-state index in [2.05, 4.69) is 6.58 Å². The highest BCUT2D eigenvalue weighted by molar-refractivity contribution is 5.84. The van der Waals surface area contributed by atoms with Gasteiger partial charge in [-0.3, -0.25) is 4.79 Å². The summed E-state index contributed by atoms with van der Waals surface area (Å²) in [5, 5.41) is 0. The van der Waals surface area contributed by atoms with E-state index in [0.29, 0.717) is 31.2 Å². The first-order valence-corrected chi connectivity index (χ1v) is 6.93. The average molecular weight is 265 g/mol. The van der Waals surface area contributed by atoms with Crippen LogP contribution in [0.15, 0.2) is 12.7 Å². The van der Waals surface area contributed by atoms with Crippen molar-refractivity contribution >= 4 is 11.9 Å². The molecule has 2 rings (SSSR count). The van der Waals surface area contributed by atoms with Crippen LogP contribution in [0.3, 0.4) is 0 Å². The van der Waals surface area contributed by atoms with Crippen molar-refractivity contribution in [3.05, 3.63) is 12.7 Å². The summed E-state index contributed by atoms with van der Waals surface area (Å²) >= 11 is 0. The fourth-order valence-corrected chi connectivity index (χ4v) is 3.18. The van der Waals surface area contributed by atoms with Crippen LogP contribution in [-0.2, 0) is 9.53 Å². The first-order chi connectivity index (χ1) is 8.81. The molecule has 0 radical (unpaired) electrons. The molecule has 1 amide bonds. The summed E-state index contributed by atoms with van der Waals surface area (Å²) in [6.45, 7) is 10.6. The number of ether oxygens (including phenoxy) is 1. The number of likely N-dealkylation sites (tertiary alicyclic amines) is 1. The lowest BCUT2D eigenvalue weighted by molar-refractivity contribution is -0.121. The Balaban J connectivity index is 1.99. The van der Waals surface area contributed by atoms with Crippen molar-refractivity contribution < 1.29 is 14.3 Å². The van der Waals surface area contributed by atoms with Gasteiger partial charge in [0.2, 0.25) is 0 Å². The molecule has 0 bridgehead atoms. The van der Waals surface area contributed by atoms with Gasteiger partial charge in [0, 0.05) is 25.4 Å². The quantitative estimate of drug-likeness (QED) is 0.721. The number of ketones is 1. The van der Waals surface area contributed by atoms with E-state index in [1.54, 1.807) is 11.0 Å². The Hall–Kier alpha value is -1.32. The van der Waals surface area contributed by atoms with Crippen LogP contribution in [0.2, 0.25) is 0 Å². The van der Waals surface area contributed by atoms with Gasteiger partial charge in [0.25, 0.3) is 0 Å². The molecule has 2 unspecified atom stereocenters. The Morgan fingerprint density at radius 3 is 2.74 bits per heavy atom. The molecule has 1 aliphatic heterocycles. The summed E-state index contributed by atoms with van der Waals surface area (Å²) in [6, 6.07) is 0. The fourth-order valence-electron chi connectivity index (χ4n) is 3.18. The van der Waals surface area contributed by atoms with Gasteiger partial charge in [0.15, 0.2) is 0 Å². The number of carbonyl (C=O) groups excluding carboxylic acids is 2. The van der Waals surface area contributed by atoms with Crippen molar-refractivity contribution in [3.8, 4) is 0 Å². The van der Waals surface area contributed by atoms with Gasteiger partial charge >= 0.3 is 6.09 Å². The Bertz CT molecular complexity index is 397. The number of fused-ring (bicyclic) bond motifs is 1. The van der Waals surface area contributed by atoms with E-state index in [0.717, 1.165) is 6.42 Å². The van der Waals surface area contributed by atoms with Crippen molar-refractivity contribution in [2.45, 2.75) is 39.2 Å². The van der Waals surface area contributed by atoms with Crippen LogP contribution in [0, 0.1) is 17.8 Å². The van der Waals surface area contributed by atoms with E-state index in [1.165, 1.54) is 0 Å². The van der Waals surface area contributed by atoms with Crippen LogP contribution >= 0.6 is 0 Å². The van der Waals surface area contributed by atoms with Gasteiger partial charge in [0.1, 0.15) is 11.4 Å². The zero-order valence-electron chi connectivity index (χ0n) is 12.0. The minimum absolute atomic E-state index is 0.0509. The molecule has 106 valence electrons. The molecule has 4 heteroatoms. The standard InChI is InChI=1S/C15H23NO3/c1-5-6-11-12-9-16(8-10(12)7-13(11)17)14(18)19-15(2,3)4/h5,10-12H,1,6-9H2,2-4H3/t10-,11?,12?/m0/s1. The highest BCUT2D eigenvalue weighted by Crippen LogP contribution is 2.42. The van der Waals surface area contributed by atoms with E-state index in [4.69, 9.17) is 4.74 Å². The molecule has 0 aromatic rings. The SMILES string of the molecule is C=CCC1C(=O)C[C@H]2CN(C(=O)OC(C)(C)C)CC12. The smallest absolute Gasteiger partial charge is 0.410 e. The van der Waals surface area contributed by atoms with Crippen molar-refractivity contribution in [1.29, 1.82) is 0 Å². The second-order valence-electron chi connectivity index (χ2n) is 6.61. The van der Waals surface area contributed by atoms with Gasteiger partial charge in [-0.25, -0.2) is 4.79 Å². The van der Waals surface area contributed by atoms with Gasteiger partial charge in [-0.2, -0.15) is 0 Å². The van der Waals surface area contributed by atoms with Crippen LogP contribution < -0.4 is 0 Å². The number of nitrogens with zero attached hydrogens (tertiary/aromatic N) is 1. The van der Waals surface area contributed by atoms with E-state index < -0.39 is 5.60 Å². The van der Waals surface area contributed by atoms with E-state index in [1.807, 2.05) is 20.8 Å². The number of amides is 1. The van der Waals surface area contributed by atoms with Crippen LogP contribution in [-0.4, -0.2) is 35.5 Å². The van der Waals surface area contributed by atoms with Gasteiger partial charge in [-0.1, -0.05) is 6.08 Å². The highest BCUT2D eigenvalue weighted by atomic mass is 16.6. The van der Waals surface area contributed by atoms with Gasteiger partial charge in [-0.05, 0) is 39.0 Å². The van der Waals surface area contributed by atoms with E-state index >= 15 is 0 Å². The topological polar surface area (TPSA) is 46.6 Å². The number of Topliss-reactive ketones (excluding diaryl/α,β-unsaturated/α-hetero) is 1. The fraction of sp³-hybridized carbons (Fsp3) is 0.733. The van der Waals surface area contributed by atoms with Crippen molar-refractivity contribution in [2.75, 3.05) is 13.1 Å². The molecule has 1 saturated heterocycles. The van der Waals surface area contributed by atoms with Crippen LogP contribution in [0.4, 0.5) is 4.79 Å². The van der Waals surface area contributed by atoms with E-state index in [9.17, 15) is 9.59 Å². The number of carbonyl (C=O) groups is 2. The number of rotatable bonds is 2. The Morgan fingerprint density at radius 1 is 1.47 bits per heavy atom. The molecule has 4 nitrogen and oxygen atoms in total. The summed E-state index contributed by atoms with van der Waals surface area (Å²) in [6.07, 6.45) is 2.87. The van der Waals surface area contributed by atoms with Gasteiger partial charge in [-0.15, -0.1) is 6.58 Å². The molecule has 0 aromatic carbocycles. The van der Waals surface area contributed by atoms with Crippen molar-refractivity contribution in [2.24, 2.45) is 17.8 Å². The summed E-state index contributed by atoms with van der Waals surface area (Å²) in [5.74, 6) is 0.983. The molecule has 0 spiro atoms. The molecule has 19 heavy (non-hydrogen) atoms. The maximum absolute atomic E-state index is 12.0. The Labute approximate surface area is 114 Å². The number of allylic oxidation sites excluding steroid dienone is 1. The molecule has 0 N–H and O–H groups in total. The third-order valence-corrected chi connectivity index (χ3v) is 3.96. The van der Waals surface area contributed by atoms with Crippen LogP contribution in [0.5, 0.6) is 0 Å². The Morgan fingerprint density at radius 2 is 2.16 bits per heavy atom. The summed E-state index contributed by atoms with van der Waals surface area (Å²) in [7, 11) is 0. The normalized spacial score (nSPS) is 30.4. The molecule has 3 atom stereocenters. The summed E-state index contributed by atoms with van der Waals surface area (Å²) in [4.78, 5) is 25.7. The third-order valence-electron chi connectivity index (χ3n) is 3.96. The maximum atomic E-state index is 12.0. The lowest BCUT2D eigenvalue weighted by Crippen LogP contribution is -2.36. The van der Waals surface area contributed by atoms with E-state index in [-0.39, 0.29) is 17.9 Å². The first kappa shape index (κ1) is 14.1. The lowest BCUT2D eigenvalue weighted by atomic mass is 9.90. The van der Waals surface area contributed by atoms with Crippen LogP contribution in [0.1, 0.15) is 33.6 Å². The third kappa shape index (κ3) is 2.99. The molecule has 1 saturated carbocycles. The minimum atomic E-state index is -0.467. The average Bonchev–Trinajstić information content (AvgIpc) is 2.77. The second kappa shape index (κ2) is 4.99. The monoisotopic (exact) mass is 265 g/mol. The largest absolute Gasteiger partial charge is 0.444 e. The molecule has 2 aliphatic rings. The molecular formula is C15H23NO3. The first-order valence-electron chi connectivity index (χ1n) is 6.93. The zero-order chi connectivity index (χ0) is 14.2. The lowest BCUT2D eigenvalue weighted by Gasteiger charge is -2.25. The summed E-state index contributed by atoms with van der Waals surface area (Å²) < 4.78 is 5.39. The maximum Gasteiger partial charge on any atom is 0.410 e. The van der Waals surface area contributed by atoms with Gasteiger partial charge < -0.3 is 9.64 Å². The van der Waals surface area contributed by atoms with Crippen molar-refractivity contribution in [3.63, 3.8) is 0 Å². The van der Waals surface area contributed by atoms with Gasteiger partial charge in [0.05, 0.1) is 0 Å². The zero-order valence-corrected chi connectivity index (χ0v) is 12.0. The highest BCUT2D eigenvalue weighted by Gasteiger charge is 2.48. The van der Waals surface area contributed by atoms with Crippen LogP contribution in [0.25, 0.3) is 0 Å². The minimum Gasteiger partial charge on any atom is -0.444 e. The second-order valence-corrected chi connectivity index (χ2v) is 6.61. The molecule has 1 aliphatic carbocycles. The molecule has 1 heterocycles. The Kier molecular flexibility index (Phi) is 3.70. The predicted octanol–water partition coefficient (Wildman–Crippen LogP) is 2.63. The molecular weight excluding hydrogens is 242 g/mol. The number of hydrogen-bond donors (Lipinski definition) is 0. The summed E-state index contributed by atoms with van der Waals surface area (Å²) in [5.41, 5.74) is -0.467. The molecule has 0 aromatic heterocycles. The number of hydrogen-bond acceptors (Lipinski definition) is 3.